The molecule has 244 valence electrons. The molecule has 0 aromatic heterocycles. The Balaban J connectivity index is 1.89. The van der Waals surface area contributed by atoms with Gasteiger partial charge in [0.1, 0.15) is 34.2 Å². The number of methoxy groups -OCH3 is 3. The Morgan fingerprint density at radius 2 is 1.72 bits per heavy atom. The lowest BCUT2D eigenvalue weighted by atomic mass is 9.78. The van der Waals surface area contributed by atoms with Crippen molar-refractivity contribution in [2.75, 3.05) is 46.3 Å². The summed E-state index contributed by atoms with van der Waals surface area (Å²) in [4.78, 5) is 43.5. The molecule has 46 heavy (non-hydrogen) atoms. The van der Waals surface area contributed by atoms with Gasteiger partial charge in [-0.3, -0.25) is 14.5 Å². The second-order valence-electron chi connectivity index (χ2n) is 11.3. The van der Waals surface area contributed by atoms with Crippen LogP contribution in [0.3, 0.4) is 0 Å². The number of hydrogen-bond acceptors (Lipinski definition) is 9. The van der Waals surface area contributed by atoms with Crippen molar-refractivity contribution in [2.45, 2.75) is 42.2 Å². The van der Waals surface area contributed by atoms with Gasteiger partial charge in [-0.15, -0.1) is 0 Å². The predicted octanol–water partition coefficient (Wildman–Crippen LogP) is 3.51. The molecule has 0 N–H and O–H groups in total. The number of piperidine rings is 1. The Labute approximate surface area is 267 Å². The van der Waals surface area contributed by atoms with Gasteiger partial charge < -0.3 is 23.9 Å². The number of amides is 2. The minimum absolute atomic E-state index is 0.0115. The molecule has 2 amide bonds. The number of likely N-dealkylation sites (N-methyl/N-ethyl adjacent to an activating group) is 1. The fourth-order valence-electron chi connectivity index (χ4n) is 6.51. The van der Waals surface area contributed by atoms with Crippen molar-refractivity contribution in [3.63, 3.8) is 0 Å². The molecule has 5 rings (SSSR count). The third-order valence-electron chi connectivity index (χ3n) is 8.58. The number of nitrogens with zero attached hydrogens (tertiary/aromatic N) is 3. The SMILES string of the molecule is COc1ccc(S(=O)(=O)N2C(=O)C(c3cc(CC=O)ccc3OC)(N3CCCC[C@H]3C(=O)N(C)C)c3cc(F)ccc32)c(OC)c1. The average molecular weight is 654 g/mol. The van der Waals surface area contributed by atoms with Crippen molar-refractivity contribution < 1.29 is 41.4 Å². The number of halogens is 1. The fraction of sp³-hybridized carbons (Fsp3) is 0.364. The van der Waals surface area contributed by atoms with Crippen LogP contribution in [0.4, 0.5) is 10.1 Å². The topological polar surface area (TPSA) is 123 Å². The molecule has 1 unspecified atom stereocenters. The van der Waals surface area contributed by atoms with Crippen LogP contribution in [0.25, 0.3) is 0 Å². The van der Waals surface area contributed by atoms with Gasteiger partial charge in [-0.25, -0.2) is 17.1 Å². The van der Waals surface area contributed by atoms with Gasteiger partial charge in [0.15, 0.2) is 5.54 Å². The normalized spacial score (nSPS) is 19.8. The Bertz CT molecular complexity index is 1800. The Morgan fingerprint density at radius 1 is 0.978 bits per heavy atom. The molecule has 1 saturated heterocycles. The van der Waals surface area contributed by atoms with Crippen molar-refractivity contribution in [2.24, 2.45) is 0 Å². The smallest absolute Gasteiger partial charge is 0.274 e. The van der Waals surface area contributed by atoms with Crippen LogP contribution in [0, 0.1) is 5.82 Å². The molecule has 3 aromatic rings. The van der Waals surface area contributed by atoms with Crippen LogP contribution in [0.1, 0.15) is 36.0 Å². The minimum Gasteiger partial charge on any atom is -0.497 e. The molecule has 2 aliphatic heterocycles. The molecule has 0 bridgehead atoms. The van der Waals surface area contributed by atoms with Gasteiger partial charge in [0.25, 0.3) is 15.9 Å². The highest BCUT2D eigenvalue weighted by Crippen LogP contribution is 2.54. The highest BCUT2D eigenvalue weighted by molar-refractivity contribution is 7.93. The van der Waals surface area contributed by atoms with Crippen molar-refractivity contribution in [3.8, 4) is 17.2 Å². The summed E-state index contributed by atoms with van der Waals surface area (Å²) in [6.07, 6.45) is 2.31. The molecular weight excluding hydrogens is 617 g/mol. The maximum absolute atomic E-state index is 15.4. The first-order valence-electron chi connectivity index (χ1n) is 14.7. The zero-order valence-corrected chi connectivity index (χ0v) is 27.1. The van der Waals surface area contributed by atoms with Gasteiger partial charge >= 0.3 is 0 Å². The maximum Gasteiger partial charge on any atom is 0.274 e. The number of carbonyl (C=O) groups excluding carboxylic acids is 3. The van der Waals surface area contributed by atoms with E-state index in [1.165, 1.54) is 50.5 Å². The molecular formula is C33H36FN3O8S. The van der Waals surface area contributed by atoms with Crippen LogP contribution in [-0.2, 0) is 36.4 Å². The number of anilines is 1. The monoisotopic (exact) mass is 653 g/mol. The molecule has 2 heterocycles. The first-order chi connectivity index (χ1) is 22.0. The van der Waals surface area contributed by atoms with E-state index in [1.54, 1.807) is 37.2 Å². The quantitative estimate of drug-likeness (QED) is 0.303. The van der Waals surface area contributed by atoms with Gasteiger partial charge in [-0.1, -0.05) is 12.5 Å². The number of fused-ring (bicyclic) bond motifs is 1. The van der Waals surface area contributed by atoms with Gasteiger partial charge in [0.05, 0.1) is 33.1 Å². The molecule has 0 saturated carbocycles. The molecule has 0 radical (unpaired) electrons. The Hall–Kier alpha value is -4.49. The third kappa shape index (κ3) is 5.17. The summed E-state index contributed by atoms with van der Waals surface area (Å²) >= 11 is 0. The van der Waals surface area contributed by atoms with Crippen molar-refractivity contribution in [3.05, 3.63) is 77.1 Å². The number of likely N-dealkylation sites (tertiary alicyclic amines) is 1. The van der Waals surface area contributed by atoms with E-state index >= 15 is 9.18 Å². The van der Waals surface area contributed by atoms with E-state index in [1.807, 2.05) is 0 Å². The number of rotatable bonds is 10. The highest BCUT2D eigenvalue weighted by atomic mass is 32.2. The summed E-state index contributed by atoms with van der Waals surface area (Å²) in [6, 6.07) is 11.5. The van der Waals surface area contributed by atoms with E-state index in [0.29, 0.717) is 41.2 Å². The molecule has 0 spiro atoms. The zero-order chi connectivity index (χ0) is 33.4. The van der Waals surface area contributed by atoms with Gasteiger partial charge in [-0.05, 0) is 60.9 Å². The maximum atomic E-state index is 15.4. The summed E-state index contributed by atoms with van der Waals surface area (Å²) in [5.41, 5.74) is -1.42. The summed E-state index contributed by atoms with van der Waals surface area (Å²) in [5.74, 6) is -1.52. The zero-order valence-electron chi connectivity index (χ0n) is 26.3. The molecule has 13 heteroatoms. The molecule has 0 aliphatic carbocycles. The molecule has 2 atom stereocenters. The van der Waals surface area contributed by atoms with E-state index < -0.39 is 33.3 Å². The number of benzene rings is 3. The van der Waals surface area contributed by atoms with Crippen molar-refractivity contribution >= 4 is 33.8 Å². The predicted molar refractivity (Wildman–Crippen MR) is 167 cm³/mol. The van der Waals surface area contributed by atoms with E-state index in [4.69, 9.17) is 14.2 Å². The van der Waals surface area contributed by atoms with Crippen LogP contribution in [0.2, 0.25) is 0 Å². The molecule has 2 aliphatic rings. The highest BCUT2D eigenvalue weighted by Gasteiger charge is 2.62. The van der Waals surface area contributed by atoms with Gasteiger partial charge in [-0.2, -0.15) is 0 Å². The fourth-order valence-corrected chi connectivity index (χ4v) is 8.11. The van der Waals surface area contributed by atoms with E-state index in [0.717, 1.165) is 12.1 Å². The van der Waals surface area contributed by atoms with E-state index in [9.17, 15) is 18.0 Å². The standard InChI is InChI=1S/C33H36FN3O8S/c1-35(2)31(39)27-8-6-7-16-36(27)33(25-18-21(15-17-38)9-13-28(25)44-4)24-19-22(34)10-12-26(24)37(32(33)40)46(41,42)30-14-11-23(43-3)20-29(30)45-5/h9-14,17-20,27H,6-8,15-16H2,1-5H3/t27-,33?/m0/s1. The molecule has 3 aromatic carbocycles. The summed E-state index contributed by atoms with van der Waals surface area (Å²) in [7, 11) is 2.58. The number of carbonyl (C=O) groups is 3. The third-order valence-corrected chi connectivity index (χ3v) is 10.3. The molecule has 1 fully saturated rings. The Morgan fingerprint density at radius 3 is 2.37 bits per heavy atom. The first kappa shape index (κ1) is 32.9. The second kappa shape index (κ2) is 12.7. The first-order valence-corrected chi connectivity index (χ1v) is 16.1. The van der Waals surface area contributed by atoms with E-state index in [2.05, 4.69) is 0 Å². The lowest BCUT2D eigenvalue weighted by molar-refractivity contribution is -0.142. The van der Waals surface area contributed by atoms with Crippen LogP contribution < -0.4 is 18.5 Å². The largest absolute Gasteiger partial charge is 0.497 e. The Kier molecular flexibility index (Phi) is 9.09. The number of ether oxygens (including phenoxy) is 3. The summed E-state index contributed by atoms with van der Waals surface area (Å²) < 4.78 is 61.7. The van der Waals surface area contributed by atoms with E-state index in [-0.39, 0.29) is 52.1 Å². The van der Waals surface area contributed by atoms with Crippen LogP contribution in [0.15, 0.2) is 59.5 Å². The van der Waals surface area contributed by atoms with Crippen molar-refractivity contribution in [1.82, 2.24) is 9.80 Å². The summed E-state index contributed by atoms with van der Waals surface area (Å²) in [5, 5.41) is 0. The van der Waals surface area contributed by atoms with Crippen LogP contribution in [-0.4, -0.2) is 84.3 Å². The van der Waals surface area contributed by atoms with Crippen LogP contribution in [0.5, 0.6) is 17.2 Å². The van der Waals surface area contributed by atoms with Gasteiger partial charge in [0.2, 0.25) is 5.91 Å². The number of sulfonamides is 1. The number of aldehydes is 1. The van der Waals surface area contributed by atoms with Crippen LogP contribution >= 0.6 is 0 Å². The van der Waals surface area contributed by atoms with Crippen molar-refractivity contribution in [1.29, 1.82) is 0 Å². The second-order valence-corrected chi connectivity index (χ2v) is 13.1. The van der Waals surface area contributed by atoms with Gasteiger partial charge in [0, 0.05) is 44.3 Å². The lowest BCUT2D eigenvalue weighted by Crippen LogP contribution is -2.62. The lowest BCUT2D eigenvalue weighted by Gasteiger charge is -2.47. The number of hydrogen-bond donors (Lipinski definition) is 0. The average Bonchev–Trinajstić information content (AvgIpc) is 3.32. The molecule has 11 nitrogen and oxygen atoms in total. The minimum atomic E-state index is -4.73. The summed E-state index contributed by atoms with van der Waals surface area (Å²) in [6.45, 7) is 0.201.